The number of nitrogens with zero attached hydrogens (tertiary/aromatic N) is 1. The number of hydrogen-bond donors (Lipinski definition) is 2. The number of carbonyl (C=O) groups excluding carboxylic acids is 2. The van der Waals surface area contributed by atoms with E-state index >= 15 is 0 Å². The number of hydrazine groups is 1. The molecule has 2 aliphatic rings. The van der Waals surface area contributed by atoms with Crippen LogP contribution in [-0.2, 0) is 0 Å². The van der Waals surface area contributed by atoms with E-state index < -0.39 is 12.1 Å². The van der Waals surface area contributed by atoms with Gasteiger partial charge >= 0.3 is 0 Å². The molecule has 2 N–H and O–H groups in total. The predicted octanol–water partition coefficient (Wildman–Crippen LogP) is 5.88. The Labute approximate surface area is 220 Å². The van der Waals surface area contributed by atoms with E-state index in [1.807, 2.05) is 66.7 Å². The fourth-order valence-corrected chi connectivity index (χ4v) is 4.57. The maximum Gasteiger partial charge on any atom is 0.276 e. The molecule has 0 saturated heterocycles. The van der Waals surface area contributed by atoms with Gasteiger partial charge in [-0.1, -0.05) is 46.3 Å². The van der Waals surface area contributed by atoms with Crippen molar-refractivity contribution >= 4 is 33.4 Å². The number of para-hydroxylation sites is 1. The molecule has 2 amide bonds. The van der Waals surface area contributed by atoms with Gasteiger partial charge in [-0.25, -0.2) is 5.01 Å². The molecule has 9 heteroatoms. The van der Waals surface area contributed by atoms with Crippen LogP contribution in [0, 0.1) is 0 Å². The van der Waals surface area contributed by atoms with Gasteiger partial charge in [0.25, 0.3) is 11.8 Å². The van der Waals surface area contributed by atoms with Crippen molar-refractivity contribution in [3.8, 4) is 23.0 Å². The van der Waals surface area contributed by atoms with Crippen LogP contribution < -0.4 is 25.0 Å². The number of anilines is 1. The van der Waals surface area contributed by atoms with E-state index in [4.69, 9.17) is 14.2 Å². The number of rotatable bonds is 5. The number of carbonyl (C=O) groups is 2. The summed E-state index contributed by atoms with van der Waals surface area (Å²) in [6.07, 6.45) is -0.696. The maximum absolute atomic E-state index is 13.7. The normalized spacial score (nSPS) is 15.5. The molecule has 0 spiro atoms. The third kappa shape index (κ3) is 4.56. The molecule has 0 aromatic heterocycles. The van der Waals surface area contributed by atoms with E-state index in [-0.39, 0.29) is 12.7 Å². The number of amides is 2. The number of ether oxygens (including phenoxy) is 3. The number of benzene rings is 4. The molecule has 0 aliphatic carbocycles. The van der Waals surface area contributed by atoms with E-state index in [0.29, 0.717) is 39.8 Å². The Balaban J connectivity index is 1.34. The minimum atomic E-state index is -0.696. The van der Waals surface area contributed by atoms with Crippen LogP contribution in [0.5, 0.6) is 23.0 Å². The van der Waals surface area contributed by atoms with Crippen LogP contribution in [0.2, 0.25) is 0 Å². The molecule has 2 aliphatic heterocycles. The van der Waals surface area contributed by atoms with Gasteiger partial charge in [0.15, 0.2) is 11.5 Å². The molecule has 2 heterocycles. The van der Waals surface area contributed by atoms with Crippen molar-refractivity contribution in [1.82, 2.24) is 10.4 Å². The monoisotopic (exact) mass is 557 g/mol. The summed E-state index contributed by atoms with van der Waals surface area (Å²) in [7, 11) is 0. The van der Waals surface area contributed by atoms with Gasteiger partial charge in [0.1, 0.15) is 17.7 Å². The second-order valence-electron chi connectivity index (χ2n) is 8.41. The minimum absolute atomic E-state index is 0.101. The van der Waals surface area contributed by atoms with E-state index in [0.717, 1.165) is 10.0 Å². The average molecular weight is 558 g/mol. The lowest BCUT2D eigenvalue weighted by Gasteiger charge is -2.38. The van der Waals surface area contributed by atoms with Crippen LogP contribution in [0.25, 0.3) is 0 Å². The SMILES string of the molecule is O=C(NN1C(=O)c2cc(Br)ccc2N[C@@H]1c1cccc(Oc2ccccc2)c1)c1ccc2c(c1)OCO2. The van der Waals surface area contributed by atoms with Gasteiger partial charge in [-0.3, -0.25) is 15.0 Å². The van der Waals surface area contributed by atoms with Gasteiger partial charge in [0.2, 0.25) is 6.79 Å². The van der Waals surface area contributed by atoms with Crippen molar-refractivity contribution in [1.29, 1.82) is 0 Å². The Bertz CT molecular complexity index is 1510. The first kappa shape index (κ1) is 22.9. The molecule has 0 bridgehead atoms. The predicted molar refractivity (Wildman–Crippen MR) is 140 cm³/mol. The second-order valence-corrected chi connectivity index (χ2v) is 9.32. The average Bonchev–Trinajstić information content (AvgIpc) is 3.39. The Morgan fingerprint density at radius 1 is 0.919 bits per heavy atom. The molecule has 184 valence electrons. The Morgan fingerprint density at radius 3 is 2.59 bits per heavy atom. The summed E-state index contributed by atoms with van der Waals surface area (Å²) in [5.74, 6) is 1.51. The Morgan fingerprint density at radius 2 is 1.73 bits per heavy atom. The van der Waals surface area contributed by atoms with Crippen molar-refractivity contribution in [2.75, 3.05) is 12.1 Å². The lowest BCUT2D eigenvalue weighted by atomic mass is 10.0. The molecule has 8 nitrogen and oxygen atoms in total. The first-order chi connectivity index (χ1) is 18.0. The summed E-state index contributed by atoms with van der Waals surface area (Å²) in [6, 6.07) is 27.1. The van der Waals surface area contributed by atoms with Crippen LogP contribution in [0.3, 0.4) is 0 Å². The largest absolute Gasteiger partial charge is 0.457 e. The third-order valence-corrected chi connectivity index (χ3v) is 6.48. The topological polar surface area (TPSA) is 89.1 Å². The standard InChI is InChI=1S/C28H20BrN3O5/c29-19-10-11-23-22(15-19)28(34)32(31-27(33)18-9-12-24-25(14-18)36-16-35-24)26(30-23)17-5-4-8-21(13-17)37-20-6-2-1-3-7-20/h1-15,26,30H,16H2,(H,31,33)/t26-/m0/s1. The minimum Gasteiger partial charge on any atom is -0.457 e. The number of nitrogens with one attached hydrogen (secondary N) is 2. The van der Waals surface area contributed by atoms with Gasteiger partial charge in [-0.2, -0.15) is 0 Å². The van der Waals surface area contributed by atoms with Crippen molar-refractivity contribution in [2.45, 2.75) is 6.17 Å². The lowest BCUT2D eigenvalue weighted by molar-refractivity contribution is 0.0490. The van der Waals surface area contributed by atoms with Crippen LogP contribution in [0.15, 0.2) is 95.5 Å². The van der Waals surface area contributed by atoms with Gasteiger partial charge < -0.3 is 19.5 Å². The van der Waals surface area contributed by atoms with Crippen molar-refractivity contribution in [2.24, 2.45) is 0 Å². The highest BCUT2D eigenvalue weighted by Crippen LogP contribution is 2.36. The zero-order valence-corrected chi connectivity index (χ0v) is 20.9. The summed E-state index contributed by atoms with van der Waals surface area (Å²) in [6.45, 7) is 0.101. The Kier molecular flexibility index (Phi) is 5.90. The first-order valence-electron chi connectivity index (χ1n) is 11.5. The molecule has 4 aromatic rings. The van der Waals surface area contributed by atoms with Crippen LogP contribution in [0.1, 0.15) is 32.4 Å². The zero-order valence-electron chi connectivity index (χ0n) is 19.3. The third-order valence-electron chi connectivity index (χ3n) is 5.99. The highest BCUT2D eigenvalue weighted by molar-refractivity contribution is 9.10. The van der Waals surface area contributed by atoms with Gasteiger partial charge in [0, 0.05) is 21.3 Å². The van der Waals surface area contributed by atoms with Crippen molar-refractivity contribution < 1.29 is 23.8 Å². The quantitative estimate of drug-likeness (QED) is 0.318. The fourth-order valence-electron chi connectivity index (χ4n) is 4.21. The molecule has 0 radical (unpaired) electrons. The highest BCUT2D eigenvalue weighted by Gasteiger charge is 2.35. The zero-order chi connectivity index (χ0) is 25.4. The first-order valence-corrected chi connectivity index (χ1v) is 12.3. The molecule has 0 saturated carbocycles. The number of halogens is 1. The smallest absolute Gasteiger partial charge is 0.276 e. The summed E-state index contributed by atoms with van der Waals surface area (Å²) in [4.78, 5) is 26.9. The summed E-state index contributed by atoms with van der Waals surface area (Å²) in [5.41, 5.74) is 4.92. The van der Waals surface area contributed by atoms with Gasteiger partial charge in [0.05, 0.1) is 5.56 Å². The van der Waals surface area contributed by atoms with Crippen LogP contribution in [-0.4, -0.2) is 23.6 Å². The molecular formula is C28H20BrN3O5. The second kappa shape index (κ2) is 9.51. The van der Waals surface area contributed by atoms with E-state index in [9.17, 15) is 9.59 Å². The summed E-state index contributed by atoms with van der Waals surface area (Å²) < 4.78 is 17.5. The molecule has 0 unspecified atom stereocenters. The van der Waals surface area contributed by atoms with E-state index in [1.165, 1.54) is 5.01 Å². The molecule has 0 fully saturated rings. The molecule has 37 heavy (non-hydrogen) atoms. The van der Waals surface area contributed by atoms with Crippen molar-refractivity contribution in [3.05, 3.63) is 112 Å². The molecular weight excluding hydrogens is 538 g/mol. The van der Waals surface area contributed by atoms with Gasteiger partial charge in [-0.15, -0.1) is 0 Å². The van der Waals surface area contributed by atoms with Crippen LogP contribution >= 0.6 is 15.9 Å². The Hall–Kier alpha value is -4.50. The van der Waals surface area contributed by atoms with Crippen molar-refractivity contribution in [3.63, 3.8) is 0 Å². The highest BCUT2D eigenvalue weighted by atomic mass is 79.9. The van der Waals surface area contributed by atoms with E-state index in [2.05, 4.69) is 26.7 Å². The molecule has 1 atom stereocenters. The summed E-state index contributed by atoms with van der Waals surface area (Å²) in [5, 5.41) is 4.67. The number of hydrogen-bond acceptors (Lipinski definition) is 6. The van der Waals surface area contributed by atoms with E-state index in [1.54, 1.807) is 24.3 Å². The lowest BCUT2D eigenvalue weighted by Crippen LogP contribution is -2.52. The summed E-state index contributed by atoms with van der Waals surface area (Å²) >= 11 is 3.43. The van der Waals surface area contributed by atoms with Gasteiger partial charge in [-0.05, 0) is 60.7 Å². The molecule has 6 rings (SSSR count). The molecule has 4 aromatic carbocycles. The number of fused-ring (bicyclic) bond motifs is 2. The maximum atomic E-state index is 13.7. The van der Waals surface area contributed by atoms with Crippen LogP contribution in [0.4, 0.5) is 5.69 Å². The fraction of sp³-hybridized carbons (Fsp3) is 0.0714.